The van der Waals surface area contributed by atoms with E-state index in [9.17, 15) is 4.79 Å². The fraction of sp³-hybridized carbons (Fsp3) is 0.611. The number of ether oxygens (including phenoxy) is 1. The van der Waals surface area contributed by atoms with Crippen molar-refractivity contribution in [2.24, 2.45) is 5.92 Å². The van der Waals surface area contributed by atoms with Crippen LogP contribution in [-0.2, 0) is 11.2 Å². The smallest absolute Gasteiger partial charge is 0.224 e. The summed E-state index contributed by atoms with van der Waals surface area (Å²) in [4.78, 5) is 11.9. The van der Waals surface area contributed by atoms with Gasteiger partial charge in [-0.3, -0.25) is 4.79 Å². The predicted molar refractivity (Wildman–Crippen MR) is 85.5 cm³/mol. The molecule has 0 atom stereocenters. The Kier molecular flexibility index (Phi) is 6.58. The van der Waals surface area contributed by atoms with Crippen LogP contribution in [0.4, 0.5) is 0 Å². The normalized spacial score (nSPS) is 15.7. The maximum absolute atomic E-state index is 11.9. The van der Waals surface area contributed by atoms with Gasteiger partial charge < -0.3 is 10.1 Å². The zero-order valence-corrected chi connectivity index (χ0v) is 13.1. The molecular weight excluding hydrogens is 262 g/mol. The van der Waals surface area contributed by atoms with Gasteiger partial charge in [0, 0.05) is 6.54 Å². The second-order valence-electron chi connectivity index (χ2n) is 5.90. The Hall–Kier alpha value is -1.51. The van der Waals surface area contributed by atoms with Gasteiger partial charge in [0.25, 0.3) is 0 Å². The first kappa shape index (κ1) is 15.9. The highest BCUT2D eigenvalue weighted by molar-refractivity contribution is 5.78. The second-order valence-corrected chi connectivity index (χ2v) is 5.90. The lowest BCUT2D eigenvalue weighted by atomic mass is 9.87. The SMILES string of the molecule is CCOc1ccc(CC(=O)NCCC2CCCCC2)cc1. The quantitative estimate of drug-likeness (QED) is 0.831. The highest BCUT2D eigenvalue weighted by Crippen LogP contribution is 2.25. The summed E-state index contributed by atoms with van der Waals surface area (Å²) in [5.41, 5.74) is 1.04. The van der Waals surface area contributed by atoms with Crippen molar-refractivity contribution in [1.29, 1.82) is 0 Å². The lowest BCUT2D eigenvalue weighted by Crippen LogP contribution is -2.27. The Morgan fingerprint density at radius 2 is 1.90 bits per heavy atom. The minimum atomic E-state index is 0.120. The zero-order chi connectivity index (χ0) is 14.9. The number of rotatable bonds is 7. The van der Waals surface area contributed by atoms with Crippen molar-refractivity contribution in [3.8, 4) is 5.75 Å². The van der Waals surface area contributed by atoms with E-state index in [0.29, 0.717) is 13.0 Å². The van der Waals surface area contributed by atoms with E-state index in [-0.39, 0.29) is 5.91 Å². The first-order valence-corrected chi connectivity index (χ1v) is 8.26. The fourth-order valence-electron chi connectivity index (χ4n) is 3.01. The zero-order valence-electron chi connectivity index (χ0n) is 13.1. The van der Waals surface area contributed by atoms with E-state index in [1.165, 1.54) is 32.1 Å². The first-order chi connectivity index (χ1) is 10.3. The molecule has 0 heterocycles. The number of benzene rings is 1. The first-order valence-electron chi connectivity index (χ1n) is 8.26. The van der Waals surface area contributed by atoms with Gasteiger partial charge in [-0.05, 0) is 37.0 Å². The third-order valence-electron chi connectivity index (χ3n) is 4.20. The molecule has 1 fully saturated rings. The molecule has 21 heavy (non-hydrogen) atoms. The van der Waals surface area contributed by atoms with Crippen LogP contribution >= 0.6 is 0 Å². The molecule has 1 N–H and O–H groups in total. The topological polar surface area (TPSA) is 38.3 Å². The maximum atomic E-state index is 11.9. The van der Waals surface area contributed by atoms with Crippen LogP contribution in [0.1, 0.15) is 51.0 Å². The molecule has 3 heteroatoms. The molecule has 3 nitrogen and oxygen atoms in total. The molecule has 0 saturated heterocycles. The molecule has 1 aliphatic carbocycles. The molecular formula is C18H27NO2. The summed E-state index contributed by atoms with van der Waals surface area (Å²) in [6, 6.07) is 7.78. The predicted octanol–water partition coefficient (Wildman–Crippen LogP) is 3.71. The Morgan fingerprint density at radius 3 is 2.57 bits per heavy atom. The lowest BCUT2D eigenvalue weighted by molar-refractivity contribution is -0.120. The van der Waals surface area contributed by atoms with E-state index < -0.39 is 0 Å². The largest absolute Gasteiger partial charge is 0.494 e. The minimum absolute atomic E-state index is 0.120. The third-order valence-corrected chi connectivity index (χ3v) is 4.20. The van der Waals surface area contributed by atoms with Gasteiger partial charge >= 0.3 is 0 Å². The number of carbonyl (C=O) groups is 1. The van der Waals surface area contributed by atoms with E-state index in [1.807, 2.05) is 31.2 Å². The van der Waals surface area contributed by atoms with Crippen LogP contribution in [0, 0.1) is 5.92 Å². The van der Waals surface area contributed by atoms with Gasteiger partial charge in [-0.1, -0.05) is 44.2 Å². The van der Waals surface area contributed by atoms with Crippen molar-refractivity contribution in [3.05, 3.63) is 29.8 Å². The van der Waals surface area contributed by atoms with E-state index in [1.54, 1.807) is 0 Å². The molecule has 0 aromatic heterocycles. The summed E-state index contributed by atoms with van der Waals surface area (Å²) in [5.74, 6) is 1.80. The summed E-state index contributed by atoms with van der Waals surface area (Å²) in [6.07, 6.45) is 8.39. The van der Waals surface area contributed by atoms with Crippen LogP contribution in [0.3, 0.4) is 0 Å². The van der Waals surface area contributed by atoms with Crippen LogP contribution in [0.5, 0.6) is 5.75 Å². The van der Waals surface area contributed by atoms with Crippen LogP contribution in [-0.4, -0.2) is 19.1 Å². The molecule has 1 aliphatic rings. The second kappa shape index (κ2) is 8.71. The maximum Gasteiger partial charge on any atom is 0.224 e. The average Bonchev–Trinajstić information content (AvgIpc) is 2.51. The molecule has 0 radical (unpaired) electrons. The van der Waals surface area contributed by atoms with E-state index in [4.69, 9.17) is 4.74 Å². The van der Waals surface area contributed by atoms with Crippen molar-refractivity contribution in [2.45, 2.75) is 51.9 Å². The van der Waals surface area contributed by atoms with E-state index in [0.717, 1.165) is 30.2 Å². The Labute approximate surface area is 128 Å². The fourth-order valence-corrected chi connectivity index (χ4v) is 3.01. The van der Waals surface area contributed by atoms with Crippen LogP contribution < -0.4 is 10.1 Å². The Morgan fingerprint density at radius 1 is 1.19 bits per heavy atom. The van der Waals surface area contributed by atoms with Gasteiger partial charge in [0.1, 0.15) is 5.75 Å². The van der Waals surface area contributed by atoms with Gasteiger partial charge in [-0.2, -0.15) is 0 Å². The Balaban J connectivity index is 1.66. The highest BCUT2D eigenvalue weighted by atomic mass is 16.5. The molecule has 1 amide bonds. The third kappa shape index (κ3) is 5.78. The van der Waals surface area contributed by atoms with Gasteiger partial charge in [0.2, 0.25) is 5.91 Å². The number of hydrogen-bond acceptors (Lipinski definition) is 2. The molecule has 1 aromatic carbocycles. The van der Waals surface area contributed by atoms with Crippen molar-refractivity contribution in [3.63, 3.8) is 0 Å². The molecule has 0 aliphatic heterocycles. The molecule has 0 spiro atoms. The molecule has 116 valence electrons. The van der Waals surface area contributed by atoms with Crippen LogP contribution in [0.15, 0.2) is 24.3 Å². The van der Waals surface area contributed by atoms with Gasteiger partial charge in [-0.25, -0.2) is 0 Å². The van der Waals surface area contributed by atoms with Crippen molar-refractivity contribution in [2.75, 3.05) is 13.2 Å². The van der Waals surface area contributed by atoms with Crippen LogP contribution in [0.2, 0.25) is 0 Å². The lowest BCUT2D eigenvalue weighted by Gasteiger charge is -2.21. The standard InChI is InChI=1S/C18H27NO2/c1-2-21-17-10-8-16(9-11-17)14-18(20)19-13-12-15-6-4-3-5-7-15/h8-11,15H,2-7,12-14H2,1H3,(H,19,20). The van der Waals surface area contributed by atoms with Crippen molar-refractivity contribution in [1.82, 2.24) is 5.32 Å². The van der Waals surface area contributed by atoms with Gasteiger partial charge in [0.15, 0.2) is 0 Å². The number of hydrogen-bond donors (Lipinski definition) is 1. The highest BCUT2D eigenvalue weighted by Gasteiger charge is 2.13. The summed E-state index contributed by atoms with van der Waals surface area (Å²) >= 11 is 0. The van der Waals surface area contributed by atoms with Gasteiger partial charge in [-0.15, -0.1) is 0 Å². The minimum Gasteiger partial charge on any atom is -0.494 e. The van der Waals surface area contributed by atoms with Crippen LogP contribution in [0.25, 0.3) is 0 Å². The average molecular weight is 289 g/mol. The summed E-state index contributed by atoms with van der Waals surface area (Å²) in [6.45, 7) is 3.45. The number of nitrogens with one attached hydrogen (secondary N) is 1. The summed E-state index contributed by atoms with van der Waals surface area (Å²) in [5, 5.41) is 3.05. The Bertz CT molecular complexity index is 421. The van der Waals surface area contributed by atoms with Gasteiger partial charge in [0.05, 0.1) is 13.0 Å². The van der Waals surface area contributed by atoms with E-state index >= 15 is 0 Å². The number of amides is 1. The monoisotopic (exact) mass is 289 g/mol. The van der Waals surface area contributed by atoms with Crippen molar-refractivity contribution >= 4 is 5.91 Å². The van der Waals surface area contributed by atoms with Crippen molar-refractivity contribution < 1.29 is 9.53 Å². The summed E-state index contributed by atoms with van der Waals surface area (Å²) in [7, 11) is 0. The molecule has 0 unspecified atom stereocenters. The number of carbonyl (C=O) groups excluding carboxylic acids is 1. The van der Waals surface area contributed by atoms with E-state index in [2.05, 4.69) is 5.32 Å². The summed E-state index contributed by atoms with van der Waals surface area (Å²) < 4.78 is 5.40. The molecule has 1 aromatic rings. The molecule has 0 bridgehead atoms. The molecule has 2 rings (SSSR count). The molecule has 1 saturated carbocycles.